The summed E-state index contributed by atoms with van der Waals surface area (Å²) in [5.41, 5.74) is 2.61. The largest absolute Gasteiger partial charge is 0.493 e. The summed E-state index contributed by atoms with van der Waals surface area (Å²) < 4.78 is 16.9. The van der Waals surface area contributed by atoms with Gasteiger partial charge < -0.3 is 19.5 Å². The van der Waals surface area contributed by atoms with Crippen LogP contribution in [0.3, 0.4) is 0 Å². The van der Waals surface area contributed by atoms with Crippen LogP contribution < -0.4 is 14.8 Å². The Morgan fingerprint density at radius 2 is 1.91 bits per heavy atom. The van der Waals surface area contributed by atoms with Gasteiger partial charge in [0, 0.05) is 32.2 Å². The van der Waals surface area contributed by atoms with Crippen LogP contribution >= 0.6 is 0 Å². The lowest BCUT2D eigenvalue weighted by molar-refractivity contribution is -0.123. The first kappa shape index (κ1) is 23.7. The summed E-state index contributed by atoms with van der Waals surface area (Å²) in [5.74, 6) is 2.73. The molecule has 8 nitrogen and oxygen atoms in total. The molecular weight excluding hydrogens is 422 g/mol. The third-order valence-corrected chi connectivity index (χ3v) is 7.27. The molecule has 3 aliphatic rings. The maximum absolute atomic E-state index is 12.6. The minimum absolute atomic E-state index is 0.0737. The van der Waals surface area contributed by atoms with E-state index in [9.17, 15) is 9.59 Å². The van der Waals surface area contributed by atoms with Crippen molar-refractivity contribution in [1.82, 2.24) is 15.1 Å². The zero-order chi connectivity index (χ0) is 23.5. The Balaban J connectivity index is 1.51. The second-order valence-corrected chi connectivity index (χ2v) is 9.90. The predicted molar refractivity (Wildman–Crippen MR) is 125 cm³/mol. The monoisotopic (exact) mass is 459 g/mol. The summed E-state index contributed by atoms with van der Waals surface area (Å²) in [6, 6.07) is 4.52. The van der Waals surface area contributed by atoms with Crippen molar-refractivity contribution in [3.8, 4) is 11.5 Å². The molecule has 0 bridgehead atoms. The smallest absolute Gasteiger partial charge is 0.410 e. The highest BCUT2D eigenvalue weighted by molar-refractivity contribution is 5.83. The van der Waals surface area contributed by atoms with E-state index in [-0.39, 0.29) is 30.5 Å². The quantitative estimate of drug-likeness (QED) is 0.705. The van der Waals surface area contributed by atoms with Crippen molar-refractivity contribution >= 4 is 12.0 Å². The van der Waals surface area contributed by atoms with Crippen LogP contribution in [0.1, 0.15) is 43.9 Å². The van der Waals surface area contributed by atoms with Crippen LogP contribution in [0, 0.1) is 17.8 Å². The Kier molecular flexibility index (Phi) is 7.32. The van der Waals surface area contributed by atoms with Crippen molar-refractivity contribution in [1.29, 1.82) is 0 Å². The molecule has 0 spiro atoms. The molecule has 2 fully saturated rings. The predicted octanol–water partition coefficient (Wildman–Crippen LogP) is 2.85. The minimum atomic E-state index is -0.383. The molecule has 3 atom stereocenters. The van der Waals surface area contributed by atoms with Crippen molar-refractivity contribution in [3.05, 3.63) is 23.3 Å². The number of fused-ring (bicyclic) bond motifs is 3. The second-order valence-electron chi connectivity index (χ2n) is 9.90. The molecule has 3 aliphatic heterocycles. The van der Waals surface area contributed by atoms with Crippen molar-refractivity contribution in [2.45, 2.75) is 39.2 Å². The van der Waals surface area contributed by atoms with E-state index in [2.05, 4.69) is 36.2 Å². The van der Waals surface area contributed by atoms with E-state index < -0.39 is 0 Å². The summed E-state index contributed by atoms with van der Waals surface area (Å²) in [4.78, 5) is 28.4. The van der Waals surface area contributed by atoms with Crippen molar-refractivity contribution in [2.24, 2.45) is 17.8 Å². The van der Waals surface area contributed by atoms with Gasteiger partial charge in [-0.15, -0.1) is 0 Å². The number of carbonyl (C=O) groups excluding carboxylic acids is 2. The standard InChI is InChI=1S/C25H37N3O5/c1-16(2)9-18-13-27-7-5-17-11-22(31-3)23(32-4)12-20(17)21(27)10-19(18)15-33-25(30)28-8-6-26-24(29)14-28/h11-12,16,18-19,21H,5-10,13-15H2,1-4H3,(H,26,29)/t18-,19+,21-/m1/s1. The molecule has 0 unspecified atom stereocenters. The van der Waals surface area contributed by atoms with E-state index in [1.54, 1.807) is 14.2 Å². The number of hydrogen-bond donors (Lipinski definition) is 1. The number of hydrogen-bond acceptors (Lipinski definition) is 6. The van der Waals surface area contributed by atoms with Gasteiger partial charge in [0.2, 0.25) is 5.91 Å². The third-order valence-electron chi connectivity index (χ3n) is 7.27. The Hall–Kier alpha value is -2.48. The fourth-order valence-electron chi connectivity index (χ4n) is 5.64. The van der Waals surface area contributed by atoms with E-state index >= 15 is 0 Å². The highest BCUT2D eigenvalue weighted by Gasteiger charge is 2.40. The number of methoxy groups -OCH3 is 2. The van der Waals surface area contributed by atoms with Crippen LogP contribution in [0.15, 0.2) is 12.1 Å². The lowest BCUT2D eigenvalue weighted by Crippen LogP contribution is -2.51. The first-order chi connectivity index (χ1) is 15.9. The fourth-order valence-corrected chi connectivity index (χ4v) is 5.64. The molecule has 1 aromatic carbocycles. The topological polar surface area (TPSA) is 80.3 Å². The van der Waals surface area contributed by atoms with Gasteiger partial charge in [-0.25, -0.2) is 4.79 Å². The summed E-state index contributed by atoms with van der Waals surface area (Å²) in [6.45, 7) is 7.98. The zero-order valence-electron chi connectivity index (χ0n) is 20.3. The summed E-state index contributed by atoms with van der Waals surface area (Å²) in [7, 11) is 3.35. The molecule has 0 aromatic heterocycles. The molecule has 0 aliphatic carbocycles. The molecule has 0 radical (unpaired) electrons. The molecule has 1 N–H and O–H groups in total. The lowest BCUT2D eigenvalue weighted by Gasteiger charge is -2.47. The number of nitrogens with one attached hydrogen (secondary N) is 1. The van der Waals surface area contributed by atoms with E-state index in [4.69, 9.17) is 14.2 Å². The number of benzene rings is 1. The van der Waals surface area contributed by atoms with Crippen LogP contribution in [0.4, 0.5) is 4.79 Å². The highest BCUT2D eigenvalue weighted by atomic mass is 16.6. The van der Waals surface area contributed by atoms with Crippen molar-refractivity contribution in [3.63, 3.8) is 0 Å². The maximum Gasteiger partial charge on any atom is 0.410 e. The van der Waals surface area contributed by atoms with Crippen LogP contribution in [-0.2, 0) is 16.0 Å². The zero-order valence-corrected chi connectivity index (χ0v) is 20.3. The minimum Gasteiger partial charge on any atom is -0.493 e. The van der Waals surface area contributed by atoms with Gasteiger partial charge in [-0.2, -0.15) is 0 Å². The van der Waals surface area contributed by atoms with Gasteiger partial charge >= 0.3 is 6.09 Å². The van der Waals surface area contributed by atoms with Gasteiger partial charge in [0.15, 0.2) is 11.5 Å². The molecule has 0 saturated carbocycles. The fraction of sp³-hybridized carbons (Fsp3) is 0.680. The van der Waals surface area contributed by atoms with Gasteiger partial charge in [0.05, 0.1) is 20.8 Å². The lowest BCUT2D eigenvalue weighted by atomic mass is 9.74. The van der Waals surface area contributed by atoms with Gasteiger partial charge in [-0.1, -0.05) is 13.8 Å². The highest BCUT2D eigenvalue weighted by Crippen LogP contribution is 2.45. The van der Waals surface area contributed by atoms with E-state index in [0.717, 1.165) is 43.9 Å². The van der Waals surface area contributed by atoms with Crippen LogP contribution in [0.5, 0.6) is 11.5 Å². The molecule has 3 heterocycles. The summed E-state index contributed by atoms with van der Waals surface area (Å²) in [5, 5.41) is 2.75. The van der Waals surface area contributed by atoms with Crippen molar-refractivity contribution in [2.75, 3.05) is 53.6 Å². The maximum atomic E-state index is 12.6. The normalized spacial score (nSPS) is 25.2. The van der Waals surface area contributed by atoms with E-state index in [1.165, 1.54) is 16.0 Å². The number of piperidine rings is 1. The molecule has 2 amide bonds. The molecule has 4 rings (SSSR count). The Morgan fingerprint density at radius 3 is 2.61 bits per heavy atom. The average Bonchev–Trinajstić information content (AvgIpc) is 2.81. The van der Waals surface area contributed by atoms with Crippen LogP contribution in [0.25, 0.3) is 0 Å². The Morgan fingerprint density at radius 1 is 1.15 bits per heavy atom. The summed E-state index contributed by atoms with van der Waals surface area (Å²) in [6.07, 6.45) is 2.66. The second kappa shape index (κ2) is 10.2. The molecule has 182 valence electrons. The number of carbonyl (C=O) groups is 2. The van der Waals surface area contributed by atoms with Crippen molar-refractivity contribution < 1.29 is 23.8 Å². The molecule has 8 heteroatoms. The summed E-state index contributed by atoms with van der Waals surface area (Å²) >= 11 is 0. The first-order valence-electron chi connectivity index (χ1n) is 12.1. The number of nitrogens with zero attached hydrogens (tertiary/aromatic N) is 2. The average molecular weight is 460 g/mol. The number of amides is 2. The van der Waals surface area contributed by atoms with Gasteiger partial charge in [-0.3, -0.25) is 14.6 Å². The number of ether oxygens (including phenoxy) is 3. The Bertz CT molecular complexity index is 874. The van der Waals surface area contributed by atoms with E-state index in [0.29, 0.717) is 31.5 Å². The number of rotatable bonds is 6. The molecule has 33 heavy (non-hydrogen) atoms. The van der Waals surface area contributed by atoms with Gasteiger partial charge in [-0.05, 0) is 60.3 Å². The van der Waals surface area contributed by atoms with E-state index in [1.807, 2.05) is 0 Å². The molecule has 2 saturated heterocycles. The number of piperazine rings is 1. The molecular formula is C25H37N3O5. The first-order valence-corrected chi connectivity index (χ1v) is 12.1. The SMILES string of the molecule is COc1cc2c(cc1OC)[C@H]1C[C@@H](COC(=O)N3CCNC(=O)C3)[C@H](CC(C)C)CN1CC2. The Labute approximate surface area is 196 Å². The van der Waals surface area contributed by atoms with Gasteiger partial charge in [0.1, 0.15) is 6.54 Å². The van der Waals surface area contributed by atoms with Gasteiger partial charge in [0.25, 0.3) is 0 Å². The van der Waals surface area contributed by atoms with Crippen LogP contribution in [0.2, 0.25) is 0 Å². The van der Waals surface area contributed by atoms with Crippen LogP contribution in [-0.4, -0.2) is 75.4 Å². The molecule has 1 aromatic rings. The third kappa shape index (κ3) is 5.21.